The lowest BCUT2D eigenvalue weighted by Gasteiger charge is -2.22. The predicted molar refractivity (Wildman–Crippen MR) is 93.0 cm³/mol. The molecule has 0 unspecified atom stereocenters. The number of methoxy groups -OCH3 is 1. The maximum absolute atomic E-state index is 11.9. The summed E-state index contributed by atoms with van der Waals surface area (Å²) >= 11 is 8.14. The lowest BCUT2D eigenvalue weighted by Crippen LogP contribution is -2.45. The Hall–Kier alpha value is -1.02. The van der Waals surface area contributed by atoms with Gasteiger partial charge in [0.2, 0.25) is 0 Å². The molecule has 1 atom stereocenters. The number of esters is 1. The topological polar surface area (TPSA) is 64.6 Å². The van der Waals surface area contributed by atoms with Crippen LogP contribution in [0.15, 0.2) is 18.2 Å². The van der Waals surface area contributed by atoms with Gasteiger partial charge in [0.25, 0.3) is 0 Å². The molecule has 0 saturated heterocycles. The van der Waals surface area contributed by atoms with Gasteiger partial charge in [-0.05, 0) is 67.1 Å². The molecule has 122 valence electrons. The zero-order valence-electron chi connectivity index (χ0n) is 12.9. The van der Waals surface area contributed by atoms with Crippen molar-refractivity contribution in [3.63, 3.8) is 0 Å². The molecule has 0 heterocycles. The first kappa shape index (κ1) is 19.0. The molecular weight excluding hydrogens is 421 g/mol. The van der Waals surface area contributed by atoms with Crippen molar-refractivity contribution in [3.8, 4) is 0 Å². The summed E-state index contributed by atoms with van der Waals surface area (Å²) in [5.41, 5.74) is 0.180. The van der Waals surface area contributed by atoms with Gasteiger partial charge in [0.15, 0.2) is 0 Å². The second-order valence-corrected chi connectivity index (χ2v) is 7.39. The highest BCUT2D eigenvalue weighted by molar-refractivity contribution is 14.1. The van der Waals surface area contributed by atoms with Crippen LogP contribution in [0.4, 0.5) is 4.79 Å². The van der Waals surface area contributed by atoms with Crippen LogP contribution in [0.2, 0.25) is 5.02 Å². The fraction of sp³-hybridized carbons (Fsp3) is 0.467. The predicted octanol–water partition coefficient (Wildman–Crippen LogP) is 3.55. The molecule has 1 N–H and O–H groups in total. The largest absolute Gasteiger partial charge is 0.467 e. The number of halogens is 2. The summed E-state index contributed by atoms with van der Waals surface area (Å²) in [6.07, 6.45) is -0.401. The highest BCUT2D eigenvalue weighted by Crippen LogP contribution is 2.18. The summed E-state index contributed by atoms with van der Waals surface area (Å²) in [5.74, 6) is -0.541. The Morgan fingerprint density at radius 2 is 1.95 bits per heavy atom. The fourth-order valence-corrected chi connectivity index (χ4v) is 2.93. The van der Waals surface area contributed by atoms with E-state index in [2.05, 4.69) is 27.9 Å². The third-order valence-electron chi connectivity index (χ3n) is 2.54. The summed E-state index contributed by atoms with van der Waals surface area (Å²) in [7, 11) is 1.27. The van der Waals surface area contributed by atoms with Crippen molar-refractivity contribution in [1.29, 1.82) is 0 Å². The lowest BCUT2D eigenvalue weighted by atomic mass is 10.1. The SMILES string of the molecule is COC(=O)[C@H](Cc1cc(Cl)cc(I)c1)NC(=O)OC(C)(C)C. The molecule has 7 heteroatoms. The summed E-state index contributed by atoms with van der Waals surface area (Å²) in [6, 6.07) is 4.60. The molecule has 0 fully saturated rings. The van der Waals surface area contributed by atoms with Crippen molar-refractivity contribution < 1.29 is 19.1 Å². The Morgan fingerprint density at radius 3 is 2.45 bits per heavy atom. The molecule has 0 spiro atoms. The number of carbonyl (C=O) groups excluding carboxylic acids is 2. The molecule has 1 rings (SSSR count). The number of carbonyl (C=O) groups is 2. The van der Waals surface area contributed by atoms with E-state index in [1.807, 2.05) is 6.07 Å². The van der Waals surface area contributed by atoms with Crippen molar-refractivity contribution in [2.75, 3.05) is 7.11 Å². The highest BCUT2D eigenvalue weighted by atomic mass is 127. The monoisotopic (exact) mass is 439 g/mol. The molecule has 22 heavy (non-hydrogen) atoms. The number of alkyl carbamates (subject to hydrolysis) is 1. The van der Waals surface area contributed by atoms with Crippen LogP contribution in [0.5, 0.6) is 0 Å². The minimum Gasteiger partial charge on any atom is -0.467 e. The number of hydrogen-bond acceptors (Lipinski definition) is 4. The second kappa shape index (κ2) is 8.01. The molecule has 0 aromatic heterocycles. The van der Waals surface area contributed by atoms with E-state index in [-0.39, 0.29) is 6.42 Å². The van der Waals surface area contributed by atoms with E-state index < -0.39 is 23.7 Å². The molecule has 0 bridgehead atoms. The van der Waals surface area contributed by atoms with Gasteiger partial charge in [0.05, 0.1) is 7.11 Å². The first-order valence-electron chi connectivity index (χ1n) is 6.63. The van der Waals surface area contributed by atoms with E-state index in [1.165, 1.54) is 7.11 Å². The van der Waals surface area contributed by atoms with Crippen molar-refractivity contribution in [2.45, 2.75) is 38.8 Å². The van der Waals surface area contributed by atoms with Crippen molar-refractivity contribution in [3.05, 3.63) is 32.4 Å². The van der Waals surface area contributed by atoms with Gasteiger partial charge in [0, 0.05) is 15.0 Å². The summed E-state index contributed by atoms with van der Waals surface area (Å²) in [4.78, 5) is 23.7. The minimum atomic E-state index is -0.839. The van der Waals surface area contributed by atoms with Gasteiger partial charge in [-0.3, -0.25) is 0 Å². The third-order valence-corrected chi connectivity index (χ3v) is 3.38. The van der Waals surface area contributed by atoms with Gasteiger partial charge in [0.1, 0.15) is 11.6 Å². The summed E-state index contributed by atoms with van der Waals surface area (Å²) in [6.45, 7) is 5.25. The molecule has 5 nitrogen and oxygen atoms in total. The smallest absolute Gasteiger partial charge is 0.408 e. The van der Waals surface area contributed by atoms with Gasteiger partial charge >= 0.3 is 12.1 Å². The average Bonchev–Trinajstić information content (AvgIpc) is 2.33. The van der Waals surface area contributed by atoms with Crippen LogP contribution < -0.4 is 5.32 Å². The van der Waals surface area contributed by atoms with E-state index in [4.69, 9.17) is 21.1 Å². The first-order chi connectivity index (χ1) is 10.1. The fourth-order valence-electron chi connectivity index (χ4n) is 1.75. The van der Waals surface area contributed by atoms with E-state index in [0.717, 1.165) is 9.13 Å². The highest BCUT2D eigenvalue weighted by Gasteiger charge is 2.25. The number of rotatable bonds is 4. The molecule has 1 aromatic carbocycles. The maximum Gasteiger partial charge on any atom is 0.408 e. The van der Waals surface area contributed by atoms with E-state index in [9.17, 15) is 9.59 Å². The standard InChI is InChI=1S/C15H19ClINO4/c1-15(2,3)22-14(20)18-12(13(19)21-4)7-9-5-10(16)8-11(17)6-9/h5-6,8,12H,7H2,1-4H3,(H,18,20)/t12-/m0/s1. The number of amides is 1. The molecular formula is C15H19ClINO4. The van der Waals surface area contributed by atoms with Crippen LogP contribution in [-0.4, -0.2) is 30.8 Å². The van der Waals surface area contributed by atoms with Gasteiger partial charge in [-0.15, -0.1) is 0 Å². The van der Waals surface area contributed by atoms with Gasteiger partial charge in [-0.25, -0.2) is 9.59 Å². The minimum absolute atomic E-state index is 0.266. The van der Waals surface area contributed by atoms with Crippen LogP contribution in [0.3, 0.4) is 0 Å². The Balaban J connectivity index is 2.85. The number of hydrogen-bond donors (Lipinski definition) is 1. The number of ether oxygens (including phenoxy) is 2. The Kier molecular flexibility index (Phi) is 6.93. The quantitative estimate of drug-likeness (QED) is 0.576. The van der Waals surface area contributed by atoms with Crippen LogP contribution in [0.1, 0.15) is 26.3 Å². The molecule has 1 aromatic rings. The van der Waals surface area contributed by atoms with Crippen LogP contribution in [-0.2, 0) is 20.7 Å². The number of benzene rings is 1. The normalized spacial score (nSPS) is 12.5. The Bertz CT molecular complexity index is 537. The zero-order chi connectivity index (χ0) is 16.9. The molecule has 0 aliphatic carbocycles. The molecule has 0 saturated carbocycles. The van der Waals surface area contributed by atoms with Crippen LogP contribution in [0.25, 0.3) is 0 Å². The molecule has 0 aliphatic heterocycles. The zero-order valence-corrected chi connectivity index (χ0v) is 15.8. The third kappa shape index (κ3) is 6.83. The Morgan fingerprint density at radius 1 is 1.32 bits per heavy atom. The summed E-state index contributed by atoms with van der Waals surface area (Å²) in [5, 5.41) is 3.10. The number of nitrogens with one attached hydrogen (secondary N) is 1. The van der Waals surface area contributed by atoms with Crippen molar-refractivity contribution in [2.24, 2.45) is 0 Å². The van der Waals surface area contributed by atoms with Crippen molar-refractivity contribution in [1.82, 2.24) is 5.32 Å². The second-order valence-electron chi connectivity index (χ2n) is 5.70. The van der Waals surface area contributed by atoms with Crippen molar-refractivity contribution >= 4 is 46.3 Å². The molecule has 1 amide bonds. The maximum atomic E-state index is 11.9. The van der Waals surface area contributed by atoms with E-state index >= 15 is 0 Å². The Labute approximate surface area is 148 Å². The van der Waals surface area contributed by atoms with E-state index in [0.29, 0.717) is 5.02 Å². The van der Waals surface area contributed by atoms with E-state index in [1.54, 1.807) is 32.9 Å². The van der Waals surface area contributed by atoms with Gasteiger partial charge in [-0.2, -0.15) is 0 Å². The van der Waals surface area contributed by atoms with Crippen LogP contribution in [0, 0.1) is 3.57 Å². The average molecular weight is 440 g/mol. The lowest BCUT2D eigenvalue weighted by molar-refractivity contribution is -0.143. The van der Waals surface area contributed by atoms with Crippen LogP contribution >= 0.6 is 34.2 Å². The summed E-state index contributed by atoms with van der Waals surface area (Å²) < 4.78 is 10.8. The molecule has 0 radical (unpaired) electrons. The van der Waals surface area contributed by atoms with Gasteiger partial charge in [-0.1, -0.05) is 11.6 Å². The van der Waals surface area contributed by atoms with Gasteiger partial charge < -0.3 is 14.8 Å². The molecule has 0 aliphatic rings. The first-order valence-corrected chi connectivity index (χ1v) is 8.08.